The number of likely N-dealkylation sites (tertiary alicyclic amines) is 1. The first-order valence-electron chi connectivity index (χ1n) is 10.5. The lowest BCUT2D eigenvalue weighted by Crippen LogP contribution is -2.49. The van der Waals surface area contributed by atoms with E-state index in [0.717, 1.165) is 55.2 Å². The summed E-state index contributed by atoms with van der Waals surface area (Å²) >= 11 is 0. The molecule has 0 bridgehead atoms. The van der Waals surface area contributed by atoms with Crippen molar-refractivity contribution in [1.29, 1.82) is 0 Å². The Hall–Kier alpha value is -2.34. The van der Waals surface area contributed by atoms with Gasteiger partial charge in [0.25, 0.3) is 0 Å². The summed E-state index contributed by atoms with van der Waals surface area (Å²) in [6, 6.07) is 7.98. The number of rotatable bonds is 5. The highest BCUT2D eigenvalue weighted by molar-refractivity contribution is 5.79. The first-order chi connectivity index (χ1) is 14.1. The lowest BCUT2D eigenvalue weighted by atomic mass is 9.81. The van der Waals surface area contributed by atoms with Crippen molar-refractivity contribution < 1.29 is 18.7 Å². The second kappa shape index (κ2) is 8.57. The molecule has 3 heterocycles. The second-order valence-corrected chi connectivity index (χ2v) is 8.47. The third kappa shape index (κ3) is 4.47. The predicted molar refractivity (Wildman–Crippen MR) is 109 cm³/mol. The van der Waals surface area contributed by atoms with E-state index in [0.29, 0.717) is 26.2 Å². The van der Waals surface area contributed by atoms with Gasteiger partial charge in [-0.15, -0.1) is 0 Å². The lowest BCUT2D eigenvalue weighted by molar-refractivity contribution is -0.140. The van der Waals surface area contributed by atoms with Crippen LogP contribution in [0.25, 0.3) is 0 Å². The smallest absolute Gasteiger partial charge is 0.225 e. The van der Waals surface area contributed by atoms with Crippen LogP contribution in [0.2, 0.25) is 0 Å². The molecule has 6 nitrogen and oxygen atoms in total. The number of hydrogen-bond acceptors (Lipinski definition) is 5. The number of nitrogens with zero attached hydrogens (tertiary/aromatic N) is 2. The molecule has 6 heteroatoms. The van der Waals surface area contributed by atoms with Crippen molar-refractivity contribution in [3.05, 3.63) is 47.7 Å². The van der Waals surface area contributed by atoms with Gasteiger partial charge in [0.15, 0.2) is 0 Å². The third-order valence-electron chi connectivity index (χ3n) is 6.16. The number of piperidine rings is 1. The molecule has 2 fully saturated rings. The molecule has 2 aliphatic rings. The number of carbonyl (C=O) groups is 1. The zero-order valence-electron chi connectivity index (χ0n) is 17.4. The van der Waals surface area contributed by atoms with Gasteiger partial charge in [-0.2, -0.15) is 0 Å². The van der Waals surface area contributed by atoms with Crippen LogP contribution in [0.4, 0.5) is 0 Å². The van der Waals surface area contributed by atoms with Gasteiger partial charge in [0, 0.05) is 38.6 Å². The first kappa shape index (κ1) is 20.0. The molecule has 2 aliphatic heterocycles. The molecule has 1 amide bonds. The summed E-state index contributed by atoms with van der Waals surface area (Å²) in [7, 11) is 1.67. The predicted octanol–water partition coefficient (Wildman–Crippen LogP) is 3.58. The van der Waals surface area contributed by atoms with E-state index in [2.05, 4.69) is 18.0 Å². The van der Waals surface area contributed by atoms with E-state index < -0.39 is 0 Å². The fourth-order valence-corrected chi connectivity index (χ4v) is 4.46. The number of carbonyl (C=O) groups excluding carboxylic acids is 1. The number of hydrogen-bond donors (Lipinski definition) is 0. The maximum atomic E-state index is 13.0. The zero-order chi connectivity index (χ0) is 20.3. The maximum absolute atomic E-state index is 13.0. The highest BCUT2D eigenvalue weighted by Crippen LogP contribution is 2.35. The molecule has 2 aromatic rings. The number of aromatic nitrogens is 1. The molecule has 156 valence electrons. The molecule has 0 aliphatic carbocycles. The summed E-state index contributed by atoms with van der Waals surface area (Å²) in [6.07, 6.45) is 6.10. The average Bonchev–Trinajstić information content (AvgIpc) is 3.23. The third-order valence-corrected chi connectivity index (χ3v) is 6.16. The molecule has 4 rings (SSSR count). The minimum Gasteiger partial charge on any atom is -0.497 e. The molecule has 1 aromatic heterocycles. The minimum absolute atomic E-state index is 0.0966. The number of oxazole rings is 1. The molecule has 0 radical (unpaired) electrons. The number of benzene rings is 1. The van der Waals surface area contributed by atoms with Crippen molar-refractivity contribution in [2.75, 3.05) is 33.4 Å². The number of ether oxygens (including phenoxy) is 2. The van der Waals surface area contributed by atoms with Gasteiger partial charge in [-0.05, 0) is 50.3 Å². The Bertz CT molecular complexity index is 843. The van der Waals surface area contributed by atoms with Crippen molar-refractivity contribution in [1.82, 2.24) is 9.88 Å². The van der Waals surface area contributed by atoms with E-state index in [1.165, 1.54) is 0 Å². The molecule has 29 heavy (non-hydrogen) atoms. The summed E-state index contributed by atoms with van der Waals surface area (Å²) in [6.45, 7) is 5.03. The van der Waals surface area contributed by atoms with Crippen molar-refractivity contribution in [2.24, 2.45) is 5.92 Å². The first-order valence-corrected chi connectivity index (χ1v) is 10.5. The zero-order valence-corrected chi connectivity index (χ0v) is 17.4. The van der Waals surface area contributed by atoms with Gasteiger partial charge in [-0.3, -0.25) is 4.79 Å². The van der Waals surface area contributed by atoms with Crippen LogP contribution in [0, 0.1) is 5.92 Å². The van der Waals surface area contributed by atoms with Crippen molar-refractivity contribution in [3.63, 3.8) is 0 Å². The van der Waals surface area contributed by atoms with Crippen LogP contribution < -0.4 is 4.74 Å². The Labute approximate surface area is 172 Å². The van der Waals surface area contributed by atoms with E-state index in [1.54, 1.807) is 7.11 Å². The summed E-state index contributed by atoms with van der Waals surface area (Å²) < 4.78 is 16.9. The summed E-state index contributed by atoms with van der Waals surface area (Å²) in [5.74, 6) is 2.77. The van der Waals surface area contributed by atoms with Gasteiger partial charge >= 0.3 is 0 Å². The van der Waals surface area contributed by atoms with Crippen LogP contribution >= 0.6 is 0 Å². The monoisotopic (exact) mass is 398 g/mol. The quantitative estimate of drug-likeness (QED) is 0.770. The van der Waals surface area contributed by atoms with Crippen LogP contribution in [0.5, 0.6) is 5.75 Å². The number of amides is 1. The van der Waals surface area contributed by atoms with Crippen molar-refractivity contribution >= 4 is 5.91 Å². The minimum atomic E-state index is -0.244. The topological polar surface area (TPSA) is 64.8 Å². The van der Waals surface area contributed by atoms with E-state index in [4.69, 9.17) is 13.9 Å². The van der Waals surface area contributed by atoms with E-state index in [-0.39, 0.29) is 17.2 Å². The van der Waals surface area contributed by atoms with Gasteiger partial charge in [-0.25, -0.2) is 4.98 Å². The van der Waals surface area contributed by atoms with Crippen molar-refractivity contribution in [3.8, 4) is 5.75 Å². The van der Waals surface area contributed by atoms with Crippen molar-refractivity contribution in [2.45, 2.75) is 44.4 Å². The van der Waals surface area contributed by atoms with Gasteiger partial charge in [0.2, 0.25) is 11.8 Å². The fraction of sp³-hybridized carbons (Fsp3) is 0.565. The van der Waals surface area contributed by atoms with Gasteiger partial charge in [-0.1, -0.05) is 12.1 Å². The summed E-state index contributed by atoms with van der Waals surface area (Å²) in [5, 5.41) is 0. The second-order valence-electron chi connectivity index (χ2n) is 8.47. The highest BCUT2D eigenvalue weighted by Gasteiger charge is 2.40. The molecular formula is C23H30N2O4. The Balaban J connectivity index is 1.45. The normalized spacial score (nSPS) is 23.2. The Morgan fingerprint density at radius 1 is 1.34 bits per heavy atom. The Kier molecular flexibility index (Phi) is 5.90. The molecule has 1 atom stereocenters. The van der Waals surface area contributed by atoms with Gasteiger partial charge in [0.1, 0.15) is 11.5 Å². The molecule has 0 unspecified atom stereocenters. The van der Waals surface area contributed by atoms with Crippen LogP contribution in [0.3, 0.4) is 0 Å². The van der Waals surface area contributed by atoms with E-state index >= 15 is 0 Å². The lowest BCUT2D eigenvalue weighted by Gasteiger charge is -2.40. The molecule has 0 N–H and O–H groups in total. The Morgan fingerprint density at radius 3 is 2.97 bits per heavy atom. The fourth-order valence-electron chi connectivity index (χ4n) is 4.46. The molecule has 0 spiro atoms. The van der Waals surface area contributed by atoms with Gasteiger partial charge in [0.05, 0.1) is 18.7 Å². The van der Waals surface area contributed by atoms with Crippen LogP contribution in [0.15, 0.2) is 34.9 Å². The van der Waals surface area contributed by atoms with E-state index in [1.807, 2.05) is 29.3 Å². The molecule has 0 saturated carbocycles. The average molecular weight is 399 g/mol. The maximum Gasteiger partial charge on any atom is 0.225 e. The van der Waals surface area contributed by atoms with Crippen LogP contribution in [0.1, 0.15) is 49.8 Å². The summed E-state index contributed by atoms with van der Waals surface area (Å²) in [4.78, 5) is 19.6. The highest BCUT2D eigenvalue weighted by atomic mass is 16.5. The largest absolute Gasteiger partial charge is 0.497 e. The van der Waals surface area contributed by atoms with Crippen LogP contribution in [-0.2, 0) is 21.4 Å². The Morgan fingerprint density at radius 2 is 2.17 bits per heavy atom. The number of methoxy groups -OCH3 is 1. The standard InChI is InChI=1S/C23H30N2O4/c1-23(9-4-10-25(16-23)21(26)18-7-11-28-12-8-18)22-24-15-20(29-22)14-17-5-3-6-19(13-17)27-2/h3,5-6,13,15,18H,4,7-12,14,16H2,1-2H3/t23-/m0/s1. The van der Waals surface area contributed by atoms with Crippen LogP contribution in [-0.4, -0.2) is 49.2 Å². The molecule has 2 saturated heterocycles. The molecular weight excluding hydrogens is 368 g/mol. The summed E-state index contributed by atoms with van der Waals surface area (Å²) in [5.41, 5.74) is 0.878. The van der Waals surface area contributed by atoms with E-state index in [9.17, 15) is 4.79 Å². The van der Waals surface area contributed by atoms with Gasteiger partial charge < -0.3 is 18.8 Å². The SMILES string of the molecule is COc1cccc(Cc2cnc([C@@]3(C)CCCN(C(=O)C4CCOCC4)C3)o2)c1. The molecule has 1 aromatic carbocycles.